The minimum atomic E-state index is -1.01. The summed E-state index contributed by atoms with van der Waals surface area (Å²) in [6.07, 6.45) is 1.12. The number of carboxylic acids is 1. The molecule has 9 heteroatoms. The first-order valence-electron chi connectivity index (χ1n) is 12.3. The molecule has 0 saturated carbocycles. The fourth-order valence-electron chi connectivity index (χ4n) is 5.21. The Labute approximate surface area is 212 Å². The van der Waals surface area contributed by atoms with E-state index in [9.17, 15) is 24.3 Å². The summed E-state index contributed by atoms with van der Waals surface area (Å²) >= 11 is 0. The molecule has 2 heterocycles. The summed E-state index contributed by atoms with van der Waals surface area (Å²) in [7, 11) is 0. The number of carbonyl (C=O) groups is 3. The quantitative estimate of drug-likeness (QED) is 0.403. The van der Waals surface area contributed by atoms with E-state index in [-0.39, 0.29) is 37.0 Å². The van der Waals surface area contributed by atoms with Crippen LogP contribution >= 0.6 is 0 Å². The molecule has 190 valence electrons. The van der Waals surface area contributed by atoms with Crippen molar-refractivity contribution in [1.29, 1.82) is 0 Å². The van der Waals surface area contributed by atoms with Crippen molar-refractivity contribution in [1.82, 2.24) is 14.0 Å². The maximum Gasteiger partial charge on any atom is 0.329 e. The standard InChI is InChI=1S/C28H28N4O5/c29-26(35)21-8-4-13-30(16-21)27(36)19-10-11-23-24(15-19)31(14-12-25(33)34)28(37)32(23)17-20-7-3-6-18-5-1-2-9-22(18)20/h1-3,5-7,9-11,15,21H,4,8,12-14,16-17H2,(H2,29,35)(H,33,34). The van der Waals surface area contributed by atoms with Gasteiger partial charge >= 0.3 is 11.7 Å². The Kier molecular flexibility index (Phi) is 6.52. The summed E-state index contributed by atoms with van der Waals surface area (Å²) in [6, 6.07) is 18.9. The van der Waals surface area contributed by atoms with Crippen molar-refractivity contribution >= 4 is 39.6 Å². The van der Waals surface area contributed by atoms with Crippen LogP contribution in [-0.2, 0) is 22.7 Å². The summed E-state index contributed by atoms with van der Waals surface area (Å²) in [5, 5.41) is 11.4. The van der Waals surface area contributed by atoms with Gasteiger partial charge < -0.3 is 15.7 Å². The second-order valence-electron chi connectivity index (χ2n) is 9.50. The van der Waals surface area contributed by atoms with Gasteiger partial charge in [0.1, 0.15) is 0 Å². The fourth-order valence-corrected chi connectivity index (χ4v) is 5.21. The first-order chi connectivity index (χ1) is 17.8. The summed E-state index contributed by atoms with van der Waals surface area (Å²) in [5.41, 5.74) is 7.60. The fraction of sp³-hybridized carbons (Fsp3) is 0.286. The Bertz CT molecular complexity index is 1580. The van der Waals surface area contributed by atoms with E-state index in [4.69, 9.17) is 5.73 Å². The molecule has 1 atom stereocenters. The lowest BCUT2D eigenvalue weighted by Crippen LogP contribution is -2.44. The highest BCUT2D eigenvalue weighted by Gasteiger charge is 2.28. The van der Waals surface area contributed by atoms with E-state index >= 15 is 0 Å². The van der Waals surface area contributed by atoms with E-state index in [2.05, 4.69) is 0 Å². The van der Waals surface area contributed by atoms with Gasteiger partial charge in [-0.15, -0.1) is 0 Å². The number of amides is 2. The molecular formula is C28H28N4O5. The number of aryl methyl sites for hydroxylation is 1. The first-order valence-corrected chi connectivity index (χ1v) is 12.3. The smallest absolute Gasteiger partial charge is 0.329 e. The van der Waals surface area contributed by atoms with Gasteiger partial charge in [-0.1, -0.05) is 42.5 Å². The van der Waals surface area contributed by atoms with Gasteiger partial charge in [0, 0.05) is 25.2 Å². The molecule has 1 saturated heterocycles. The van der Waals surface area contributed by atoms with Crippen molar-refractivity contribution in [3.8, 4) is 0 Å². The Balaban J connectivity index is 1.56. The van der Waals surface area contributed by atoms with Gasteiger partial charge in [-0.25, -0.2) is 4.79 Å². The van der Waals surface area contributed by atoms with Crippen LogP contribution in [0.15, 0.2) is 65.5 Å². The minimum Gasteiger partial charge on any atom is -0.481 e. The van der Waals surface area contributed by atoms with Crippen molar-refractivity contribution < 1.29 is 19.5 Å². The zero-order valence-corrected chi connectivity index (χ0v) is 20.3. The molecule has 0 spiro atoms. The number of rotatable bonds is 7. The Hall–Kier alpha value is -4.40. The lowest BCUT2D eigenvalue weighted by Gasteiger charge is -2.31. The largest absolute Gasteiger partial charge is 0.481 e. The van der Waals surface area contributed by atoms with Crippen molar-refractivity contribution in [3.63, 3.8) is 0 Å². The second kappa shape index (κ2) is 9.93. The molecule has 1 fully saturated rings. The Morgan fingerprint density at radius 1 is 0.973 bits per heavy atom. The second-order valence-corrected chi connectivity index (χ2v) is 9.50. The van der Waals surface area contributed by atoms with Crippen molar-refractivity contribution in [2.45, 2.75) is 32.4 Å². The molecule has 4 aromatic rings. The Morgan fingerprint density at radius 2 is 1.76 bits per heavy atom. The lowest BCUT2D eigenvalue weighted by molar-refractivity contribution is -0.137. The molecule has 5 rings (SSSR count). The summed E-state index contributed by atoms with van der Waals surface area (Å²) in [6.45, 7) is 1.07. The van der Waals surface area contributed by atoms with Gasteiger partial charge in [0.2, 0.25) is 5.91 Å². The molecule has 0 bridgehead atoms. The molecule has 2 amide bonds. The average Bonchev–Trinajstić information content (AvgIpc) is 3.16. The predicted octanol–water partition coefficient (Wildman–Crippen LogP) is 2.82. The van der Waals surface area contributed by atoms with Crippen LogP contribution < -0.4 is 11.4 Å². The number of carbonyl (C=O) groups excluding carboxylic acids is 2. The summed E-state index contributed by atoms with van der Waals surface area (Å²) in [4.78, 5) is 51.4. The Morgan fingerprint density at radius 3 is 2.54 bits per heavy atom. The molecular weight excluding hydrogens is 472 g/mol. The van der Waals surface area contributed by atoms with E-state index in [1.807, 2.05) is 42.5 Å². The van der Waals surface area contributed by atoms with Crippen LogP contribution in [0.3, 0.4) is 0 Å². The van der Waals surface area contributed by atoms with Gasteiger partial charge in [0.15, 0.2) is 0 Å². The minimum absolute atomic E-state index is 0.0156. The highest BCUT2D eigenvalue weighted by Crippen LogP contribution is 2.24. The lowest BCUT2D eigenvalue weighted by atomic mass is 9.97. The number of likely N-dealkylation sites (tertiary alicyclic amines) is 1. The molecule has 3 aromatic carbocycles. The molecule has 1 aliphatic rings. The molecule has 9 nitrogen and oxygen atoms in total. The third-order valence-electron chi connectivity index (χ3n) is 7.13. The highest BCUT2D eigenvalue weighted by atomic mass is 16.4. The van der Waals surface area contributed by atoms with E-state index in [0.717, 1.165) is 16.3 Å². The number of piperidine rings is 1. The zero-order valence-electron chi connectivity index (χ0n) is 20.3. The topological polar surface area (TPSA) is 128 Å². The number of nitrogens with two attached hydrogens (primary N) is 1. The normalized spacial score (nSPS) is 15.8. The number of fused-ring (bicyclic) bond motifs is 2. The monoisotopic (exact) mass is 500 g/mol. The van der Waals surface area contributed by atoms with Gasteiger partial charge in [0.05, 0.1) is 29.9 Å². The number of imidazole rings is 1. The summed E-state index contributed by atoms with van der Waals surface area (Å²) < 4.78 is 3.05. The molecule has 1 unspecified atom stereocenters. The highest BCUT2D eigenvalue weighted by molar-refractivity contribution is 5.98. The van der Waals surface area contributed by atoms with Crippen molar-refractivity contribution in [2.75, 3.05) is 13.1 Å². The number of aromatic nitrogens is 2. The first kappa shape index (κ1) is 24.3. The number of aliphatic carboxylic acids is 1. The maximum absolute atomic E-state index is 13.5. The van der Waals surface area contributed by atoms with Crippen LogP contribution in [0.5, 0.6) is 0 Å². The number of hydrogen-bond acceptors (Lipinski definition) is 4. The number of benzene rings is 3. The van der Waals surface area contributed by atoms with E-state index in [0.29, 0.717) is 42.5 Å². The van der Waals surface area contributed by atoms with E-state index < -0.39 is 11.9 Å². The van der Waals surface area contributed by atoms with Gasteiger partial charge in [-0.3, -0.25) is 23.5 Å². The number of primary amides is 1. The van der Waals surface area contributed by atoms with Gasteiger partial charge in [0.25, 0.3) is 5.91 Å². The molecule has 0 aliphatic carbocycles. The third-order valence-corrected chi connectivity index (χ3v) is 7.13. The zero-order chi connectivity index (χ0) is 26.1. The van der Waals surface area contributed by atoms with Gasteiger partial charge in [-0.05, 0) is 47.4 Å². The predicted molar refractivity (Wildman–Crippen MR) is 139 cm³/mol. The van der Waals surface area contributed by atoms with Crippen LogP contribution in [0, 0.1) is 5.92 Å². The summed E-state index contributed by atoms with van der Waals surface area (Å²) in [5.74, 6) is -2.05. The van der Waals surface area contributed by atoms with Crippen LogP contribution in [-0.4, -0.2) is 50.0 Å². The van der Waals surface area contributed by atoms with E-state index in [1.165, 1.54) is 4.57 Å². The third kappa shape index (κ3) is 4.72. The molecule has 3 N–H and O–H groups in total. The SMILES string of the molecule is NC(=O)C1CCCN(C(=O)c2ccc3c(c2)n(CCC(=O)O)c(=O)n3Cc2cccc3ccccc23)C1. The number of nitrogens with zero attached hydrogens (tertiary/aromatic N) is 3. The van der Waals surface area contributed by atoms with Crippen LogP contribution in [0.25, 0.3) is 21.8 Å². The average molecular weight is 501 g/mol. The molecule has 1 aromatic heterocycles. The van der Waals surface area contributed by atoms with Crippen LogP contribution in [0.1, 0.15) is 35.2 Å². The van der Waals surface area contributed by atoms with Crippen molar-refractivity contribution in [3.05, 3.63) is 82.3 Å². The molecule has 1 aliphatic heterocycles. The van der Waals surface area contributed by atoms with Crippen LogP contribution in [0.4, 0.5) is 0 Å². The van der Waals surface area contributed by atoms with Crippen molar-refractivity contribution in [2.24, 2.45) is 11.7 Å². The maximum atomic E-state index is 13.5. The van der Waals surface area contributed by atoms with Crippen LogP contribution in [0.2, 0.25) is 0 Å². The number of carboxylic acid groups (broad SMARTS) is 1. The molecule has 0 radical (unpaired) electrons. The number of hydrogen-bond donors (Lipinski definition) is 2. The van der Waals surface area contributed by atoms with Gasteiger partial charge in [-0.2, -0.15) is 0 Å². The molecule has 37 heavy (non-hydrogen) atoms. The van der Waals surface area contributed by atoms with E-state index in [1.54, 1.807) is 27.7 Å².